The summed E-state index contributed by atoms with van der Waals surface area (Å²) in [4.78, 5) is 14.8. The number of fused-ring (bicyclic) bond motifs is 1. The predicted molar refractivity (Wildman–Crippen MR) is 101 cm³/mol. The largest absolute Gasteiger partial charge is 0.497 e. The smallest absolute Gasteiger partial charge is 0.258 e. The fourth-order valence-electron chi connectivity index (χ4n) is 3.16. The molecule has 0 saturated heterocycles. The lowest BCUT2D eigenvalue weighted by atomic mass is 10.1. The van der Waals surface area contributed by atoms with Crippen molar-refractivity contribution in [2.45, 2.75) is 25.9 Å². The van der Waals surface area contributed by atoms with Gasteiger partial charge in [0.15, 0.2) is 0 Å². The normalized spacial score (nSPS) is 16.4. The molecule has 0 saturated carbocycles. The summed E-state index contributed by atoms with van der Waals surface area (Å²) in [6, 6.07) is 12.8. The molecule has 1 atom stereocenters. The third-order valence-electron chi connectivity index (χ3n) is 4.46. The lowest BCUT2D eigenvalue weighted by molar-refractivity contribution is 0.0981. The molecule has 0 bridgehead atoms. The van der Waals surface area contributed by atoms with E-state index in [9.17, 15) is 13.2 Å². The average Bonchev–Trinajstić information content (AvgIpc) is 2.94. The molecule has 6 nitrogen and oxygen atoms in total. The van der Waals surface area contributed by atoms with Crippen LogP contribution in [0.15, 0.2) is 42.5 Å². The molecule has 0 aliphatic carbocycles. The van der Waals surface area contributed by atoms with Gasteiger partial charge in [0.1, 0.15) is 5.75 Å². The summed E-state index contributed by atoms with van der Waals surface area (Å²) in [5.74, 6) is 0.623. The van der Waals surface area contributed by atoms with Gasteiger partial charge in [-0.25, -0.2) is 13.1 Å². The number of hydrogen-bond acceptors (Lipinski definition) is 4. The van der Waals surface area contributed by atoms with E-state index in [-0.39, 0.29) is 18.5 Å². The number of benzene rings is 2. The van der Waals surface area contributed by atoms with E-state index in [4.69, 9.17) is 4.74 Å². The van der Waals surface area contributed by atoms with Gasteiger partial charge in [-0.15, -0.1) is 0 Å². The number of nitrogens with one attached hydrogen (secondary N) is 1. The second-order valence-electron chi connectivity index (χ2n) is 6.51. The molecule has 1 N–H and O–H groups in total. The Morgan fingerprint density at radius 3 is 2.54 bits per heavy atom. The summed E-state index contributed by atoms with van der Waals surface area (Å²) in [7, 11) is -1.68. The molecule has 2 aromatic rings. The Hall–Kier alpha value is -2.38. The number of carbonyl (C=O) groups excluding carboxylic acids is 1. The molecule has 1 aliphatic rings. The molecule has 1 amide bonds. The first-order valence-corrected chi connectivity index (χ1v) is 10.2. The van der Waals surface area contributed by atoms with Crippen LogP contribution in [0.25, 0.3) is 0 Å². The van der Waals surface area contributed by atoms with Crippen molar-refractivity contribution in [1.29, 1.82) is 0 Å². The molecule has 0 spiro atoms. The highest BCUT2D eigenvalue weighted by molar-refractivity contribution is 7.88. The lowest BCUT2D eigenvalue weighted by Crippen LogP contribution is -2.35. The van der Waals surface area contributed by atoms with Gasteiger partial charge in [0.25, 0.3) is 5.91 Å². The maximum Gasteiger partial charge on any atom is 0.258 e. The van der Waals surface area contributed by atoms with Gasteiger partial charge < -0.3 is 9.64 Å². The molecule has 0 radical (unpaired) electrons. The van der Waals surface area contributed by atoms with Crippen LogP contribution in [-0.4, -0.2) is 33.7 Å². The highest BCUT2D eigenvalue weighted by Gasteiger charge is 2.31. The third-order valence-corrected chi connectivity index (χ3v) is 5.13. The number of nitrogens with zero attached hydrogens (tertiary/aromatic N) is 1. The van der Waals surface area contributed by atoms with Crippen molar-refractivity contribution in [3.05, 3.63) is 59.2 Å². The van der Waals surface area contributed by atoms with Crippen molar-refractivity contribution in [2.75, 3.05) is 18.3 Å². The number of rotatable bonds is 5. The second-order valence-corrected chi connectivity index (χ2v) is 8.35. The van der Waals surface area contributed by atoms with E-state index in [1.807, 2.05) is 25.1 Å². The van der Waals surface area contributed by atoms with Gasteiger partial charge in [0.05, 0.1) is 13.4 Å². The molecule has 1 aliphatic heterocycles. The van der Waals surface area contributed by atoms with Crippen LogP contribution in [0.1, 0.15) is 28.4 Å². The first-order chi connectivity index (χ1) is 12.3. The number of methoxy groups -OCH3 is 1. The molecule has 7 heteroatoms. The molecule has 1 heterocycles. The van der Waals surface area contributed by atoms with Crippen molar-refractivity contribution in [3.8, 4) is 5.75 Å². The zero-order chi connectivity index (χ0) is 18.9. The first kappa shape index (κ1) is 18.4. The van der Waals surface area contributed by atoms with Crippen LogP contribution in [0.2, 0.25) is 0 Å². The third kappa shape index (κ3) is 3.89. The predicted octanol–water partition coefficient (Wildman–Crippen LogP) is 2.34. The van der Waals surface area contributed by atoms with E-state index in [2.05, 4.69) is 4.72 Å². The molecule has 0 aromatic heterocycles. The van der Waals surface area contributed by atoms with Crippen molar-refractivity contribution in [2.24, 2.45) is 0 Å². The Bertz CT molecular complexity index is 923. The zero-order valence-electron chi connectivity index (χ0n) is 15.0. The van der Waals surface area contributed by atoms with Gasteiger partial charge >= 0.3 is 0 Å². The molecule has 1 unspecified atom stereocenters. The lowest BCUT2D eigenvalue weighted by Gasteiger charge is -2.23. The van der Waals surface area contributed by atoms with Gasteiger partial charge in [-0.05, 0) is 54.8 Å². The minimum Gasteiger partial charge on any atom is -0.497 e. The first-order valence-electron chi connectivity index (χ1n) is 8.32. The number of ether oxygens (including phenoxy) is 1. The van der Waals surface area contributed by atoms with Gasteiger partial charge in [0.2, 0.25) is 10.0 Å². The minimum atomic E-state index is -3.27. The Labute approximate surface area is 153 Å². The summed E-state index contributed by atoms with van der Waals surface area (Å²) in [6.45, 7) is 2.21. The Morgan fingerprint density at radius 1 is 1.23 bits per heavy atom. The molecule has 2 aromatic carbocycles. The molecule has 26 heavy (non-hydrogen) atoms. The van der Waals surface area contributed by atoms with Crippen molar-refractivity contribution in [1.82, 2.24) is 4.72 Å². The molecular weight excluding hydrogens is 352 g/mol. The van der Waals surface area contributed by atoms with Crippen LogP contribution in [0.5, 0.6) is 5.75 Å². The van der Waals surface area contributed by atoms with Crippen LogP contribution in [-0.2, 0) is 23.0 Å². The SMILES string of the molecule is COc1ccc(C(=O)N2c3cc(CNS(C)(=O)=O)ccc3CC2C)cc1. The number of hydrogen-bond donors (Lipinski definition) is 1. The van der Waals surface area contributed by atoms with Gasteiger partial charge in [-0.3, -0.25) is 4.79 Å². The van der Waals surface area contributed by atoms with E-state index >= 15 is 0 Å². The monoisotopic (exact) mass is 374 g/mol. The summed E-state index contributed by atoms with van der Waals surface area (Å²) >= 11 is 0. The van der Waals surface area contributed by atoms with Gasteiger partial charge in [-0.2, -0.15) is 0 Å². The fraction of sp³-hybridized carbons (Fsp3) is 0.316. The van der Waals surface area contributed by atoms with E-state index in [1.165, 1.54) is 0 Å². The average molecular weight is 374 g/mol. The fourth-order valence-corrected chi connectivity index (χ4v) is 3.59. The minimum absolute atomic E-state index is 0.0396. The number of sulfonamides is 1. The Morgan fingerprint density at radius 2 is 1.92 bits per heavy atom. The van der Waals surface area contributed by atoms with Crippen molar-refractivity contribution in [3.63, 3.8) is 0 Å². The van der Waals surface area contributed by atoms with E-state index in [0.717, 1.165) is 29.5 Å². The molecular formula is C19H22N2O4S. The number of amides is 1. The quantitative estimate of drug-likeness (QED) is 0.872. The van der Waals surface area contributed by atoms with Crippen LogP contribution in [0.4, 0.5) is 5.69 Å². The summed E-state index contributed by atoms with van der Waals surface area (Å²) in [5, 5.41) is 0. The van der Waals surface area contributed by atoms with E-state index in [0.29, 0.717) is 11.3 Å². The molecule has 3 rings (SSSR count). The summed E-state index contributed by atoms with van der Waals surface area (Å²) < 4.78 is 30.3. The summed E-state index contributed by atoms with van der Waals surface area (Å²) in [5.41, 5.74) is 3.33. The summed E-state index contributed by atoms with van der Waals surface area (Å²) in [6.07, 6.45) is 1.90. The molecule has 0 fully saturated rings. The van der Waals surface area contributed by atoms with Crippen LogP contribution >= 0.6 is 0 Å². The van der Waals surface area contributed by atoms with Crippen LogP contribution in [0.3, 0.4) is 0 Å². The topological polar surface area (TPSA) is 75.7 Å². The highest BCUT2D eigenvalue weighted by Crippen LogP contribution is 2.34. The number of carbonyl (C=O) groups is 1. The van der Waals surface area contributed by atoms with Crippen LogP contribution in [0, 0.1) is 0 Å². The Kier molecular flexibility index (Phi) is 5.02. The number of anilines is 1. The zero-order valence-corrected chi connectivity index (χ0v) is 15.8. The second kappa shape index (κ2) is 7.09. The van der Waals surface area contributed by atoms with Crippen molar-refractivity contribution < 1.29 is 17.9 Å². The van der Waals surface area contributed by atoms with Crippen molar-refractivity contribution >= 4 is 21.6 Å². The highest BCUT2D eigenvalue weighted by atomic mass is 32.2. The maximum absolute atomic E-state index is 13.0. The van der Waals surface area contributed by atoms with E-state index < -0.39 is 10.0 Å². The maximum atomic E-state index is 13.0. The van der Waals surface area contributed by atoms with Gasteiger partial charge in [0, 0.05) is 23.8 Å². The Balaban J connectivity index is 1.88. The van der Waals surface area contributed by atoms with Crippen LogP contribution < -0.4 is 14.4 Å². The standard InChI is InChI=1S/C19H22N2O4S/c1-13-10-16-5-4-14(12-20-26(3,23)24)11-18(16)21(13)19(22)15-6-8-17(25-2)9-7-15/h4-9,11,13,20H,10,12H2,1-3H3. The van der Waals surface area contributed by atoms with Gasteiger partial charge in [-0.1, -0.05) is 12.1 Å². The molecule has 138 valence electrons. The van der Waals surface area contributed by atoms with E-state index in [1.54, 1.807) is 36.3 Å².